The molecule has 0 aromatic rings. The van der Waals surface area contributed by atoms with E-state index in [0.29, 0.717) is 23.4 Å². The highest BCUT2D eigenvalue weighted by atomic mass is 32.2. The molecule has 2 unspecified atom stereocenters. The van der Waals surface area contributed by atoms with E-state index in [1.165, 1.54) is 17.9 Å². The molecule has 0 bridgehead atoms. The molecule has 2 atom stereocenters. The predicted octanol–water partition coefficient (Wildman–Crippen LogP) is 0.301. The molecule has 1 heterocycles. The van der Waals surface area contributed by atoms with Gasteiger partial charge in [0.25, 0.3) is 0 Å². The number of likely N-dealkylation sites (N-methyl/N-ethyl adjacent to an activating group) is 1. The van der Waals surface area contributed by atoms with Gasteiger partial charge in [0.15, 0.2) is 5.75 Å². The molecule has 0 aromatic heterocycles. The van der Waals surface area contributed by atoms with Crippen LogP contribution in [-0.2, 0) is 20.4 Å². The third kappa shape index (κ3) is 4.86. The summed E-state index contributed by atoms with van der Waals surface area (Å²) in [5, 5.41) is 11.1. The topological polar surface area (TPSA) is 62.1 Å². The lowest BCUT2D eigenvalue weighted by atomic mass is 10.1. The summed E-state index contributed by atoms with van der Waals surface area (Å²) < 4.78 is 5.27. The Labute approximate surface area is 99.7 Å². The van der Waals surface area contributed by atoms with Gasteiger partial charge < -0.3 is 10.1 Å². The Morgan fingerprint density at radius 3 is 3.19 bits per heavy atom. The van der Waals surface area contributed by atoms with Crippen molar-refractivity contribution in [3.8, 4) is 6.07 Å². The normalized spacial score (nSPS) is 24.0. The van der Waals surface area contributed by atoms with Gasteiger partial charge in [-0.2, -0.15) is 5.26 Å². The molecule has 0 spiro atoms. The van der Waals surface area contributed by atoms with Crippen LogP contribution in [0.4, 0.5) is 0 Å². The van der Waals surface area contributed by atoms with Crippen LogP contribution < -0.4 is 5.32 Å². The molecule has 1 N–H and O–H groups in total. The molecule has 16 heavy (non-hydrogen) atoms. The van der Waals surface area contributed by atoms with Gasteiger partial charge in [0.2, 0.25) is 5.91 Å². The molecule has 0 aromatic carbocycles. The van der Waals surface area contributed by atoms with Gasteiger partial charge in [-0.1, -0.05) is 0 Å². The van der Waals surface area contributed by atoms with E-state index in [-0.39, 0.29) is 12.5 Å². The summed E-state index contributed by atoms with van der Waals surface area (Å²) in [6.07, 6.45) is 2.24. The molecule has 5 heteroatoms. The maximum Gasteiger partial charge on any atom is 0.245 e. The van der Waals surface area contributed by atoms with Gasteiger partial charge in [-0.05, 0) is 12.8 Å². The molecule has 1 amide bonds. The Balaban J connectivity index is 2.03. The van der Waals surface area contributed by atoms with Crippen molar-refractivity contribution >= 4 is 16.8 Å². The number of hydrogen-bond donors (Lipinski definition) is 1. The van der Waals surface area contributed by atoms with E-state index in [1.54, 1.807) is 7.05 Å². The van der Waals surface area contributed by atoms with Crippen molar-refractivity contribution in [2.45, 2.75) is 12.8 Å². The van der Waals surface area contributed by atoms with Crippen LogP contribution in [0.25, 0.3) is 0 Å². The first-order valence-electron chi connectivity index (χ1n) is 5.55. The summed E-state index contributed by atoms with van der Waals surface area (Å²) in [7, 11) is 1.94. The van der Waals surface area contributed by atoms with E-state index < -0.39 is 0 Å². The largest absolute Gasteiger partial charge is 0.372 e. The number of carbonyl (C=O) groups is 1. The molecule has 1 aliphatic heterocycles. The Hall–Kier alpha value is -0.730. The number of amides is 1. The minimum absolute atomic E-state index is 0.0735. The minimum Gasteiger partial charge on any atom is -0.372 e. The Kier molecular flexibility index (Phi) is 6.27. The van der Waals surface area contributed by atoms with E-state index in [0.717, 1.165) is 12.2 Å². The number of hydrogen-bond acceptors (Lipinski definition) is 3. The zero-order chi connectivity index (χ0) is 11.8. The lowest BCUT2D eigenvalue weighted by molar-refractivity contribution is -0.125. The van der Waals surface area contributed by atoms with Crippen LogP contribution in [0.15, 0.2) is 0 Å². The quantitative estimate of drug-likeness (QED) is 0.539. The molecule has 1 rings (SSSR count). The fourth-order valence-electron chi connectivity index (χ4n) is 1.77. The van der Waals surface area contributed by atoms with Crippen molar-refractivity contribution in [2.24, 2.45) is 5.92 Å². The molecule has 1 saturated heterocycles. The van der Waals surface area contributed by atoms with Crippen molar-refractivity contribution in [3.63, 3.8) is 0 Å². The van der Waals surface area contributed by atoms with Crippen LogP contribution in [0, 0.1) is 17.2 Å². The summed E-state index contributed by atoms with van der Waals surface area (Å²) in [6.45, 7) is 0.814. The fraction of sp³-hybridized carbons (Fsp3) is 0.818. The van der Waals surface area contributed by atoms with E-state index in [1.807, 2.05) is 0 Å². The third-order valence-corrected chi connectivity index (χ3v) is 5.03. The summed E-state index contributed by atoms with van der Waals surface area (Å²) in [6, 6.07) is 2.25. The second-order valence-corrected chi connectivity index (χ2v) is 6.21. The minimum atomic E-state index is -0.0735. The molecule has 90 valence electrons. The van der Waals surface area contributed by atoms with Crippen molar-refractivity contribution in [1.82, 2.24) is 5.32 Å². The van der Waals surface area contributed by atoms with Gasteiger partial charge in [-0.3, -0.25) is 4.79 Å². The second kappa shape index (κ2) is 7.53. The Morgan fingerprint density at radius 1 is 1.69 bits per heavy atom. The molecular weight excluding hydrogens is 224 g/mol. The van der Waals surface area contributed by atoms with Crippen LogP contribution >= 0.6 is 0 Å². The highest BCUT2D eigenvalue weighted by Crippen LogP contribution is 2.23. The monoisotopic (exact) mass is 243 g/mol. The number of rotatable bonds is 6. The zero-order valence-electron chi connectivity index (χ0n) is 9.70. The highest BCUT2D eigenvalue weighted by Gasteiger charge is 2.31. The van der Waals surface area contributed by atoms with Gasteiger partial charge in [-0.25, -0.2) is 0 Å². The maximum atomic E-state index is 10.9. The van der Waals surface area contributed by atoms with Gasteiger partial charge >= 0.3 is 0 Å². The molecule has 0 radical (unpaired) electrons. The maximum absolute atomic E-state index is 10.9. The first-order valence-corrected chi connectivity index (χ1v) is 7.29. The summed E-state index contributed by atoms with van der Waals surface area (Å²) in [5.41, 5.74) is 0. The molecule has 4 nitrogen and oxygen atoms in total. The van der Waals surface area contributed by atoms with Crippen LogP contribution in [0.1, 0.15) is 12.8 Å². The molecular formula is C11H19N2O2S+. The molecule has 0 aliphatic carbocycles. The van der Waals surface area contributed by atoms with Crippen molar-refractivity contribution < 1.29 is 9.53 Å². The average Bonchev–Trinajstić information content (AvgIpc) is 2.72. The van der Waals surface area contributed by atoms with Crippen LogP contribution in [0.2, 0.25) is 0 Å². The molecule has 1 fully saturated rings. The van der Waals surface area contributed by atoms with Gasteiger partial charge in [0, 0.05) is 30.5 Å². The van der Waals surface area contributed by atoms with Crippen molar-refractivity contribution in [1.29, 1.82) is 5.26 Å². The molecule has 0 saturated carbocycles. The van der Waals surface area contributed by atoms with Crippen LogP contribution in [-0.4, -0.2) is 43.4 Å². The Morgan fingerprint density at radius 2 is 2.50 bits per heavy atom. The number of ether oxygens (including phenoxy) is 1. The number of nitrogens with zero attached hydrogens (tertiary/aromatic N) is 1. The zero-order valence-corrected chi connectivity index (χ0v) is 10.5. The predicted molar refractivity (Wildman–Crippen MR) is 65.2 cm³/mol. The van der Waals surface area contributed by atoms with Crippen molar-refractivity contribution in [3.05, 3.63) is 0 Å². The number of nitrogens with one attached hydrogen (secondary N) is 1. The lowest BCUT2D eigenvalue weighted by Gasteiger charge is -2.06. The third-order valence-electron chi connectivity index (χ3n) is 2.74. The Bertz CT molecular complexity index is 265. The van der Waals surface area contributed by atoms with E-state index >= 15 is 0 Å². The number of nitriles is 1. The van der Waals surface area contributed by atoms with E-state index in [4.69, 9.17) is 10.00 Å². The number of carbonyl (C=O) groups excluding carboxylic acids is 1. The van der Waals surface area contributed by atoms with E-state index in [9.17, 15) is 4.79 Å². The SMILES string of the molecule is CNC(=O)COCCC1CC[S+](CC#N)C1. The van der Waals surface area contributed by atoms with Gasteiger partial charge in [-0.15, -0.1) is 0 Å². The van der Waals surface area contributed by atoms with Crippen LogP contribution in [0.5, 0.6) is 0 Å². The smallest absolute Gasteiger partial charge is 0.245 e. The summed E-state index contributed by atoms with van der Waals surface area (Å²) >= 11 is 0. The standard InChI is InChI=1S/C11H18N2O2S/c1-13-11(14)8-15-5-2-10-3-6-16(9-10)7-4-12/h10H,2-3,5-9H2,1H3/p+1. The highest BCUT2D eigenvalue weighted by molar-refractivity contribution is 7.97. The van der Waals surface area contributed by atoms with Gasteiger partial charge in [0.1, 0.15) is 24.2 Å². The second-order valence-electron chi connectivity index (χ2n) is 3.95. The fourth-order valence-corrected chi connectivity index (χ4v) is 4.05. The summed E-state index contributed by atoms with van der Waals surface area (Å²) in [4.78, 5) is 10.9. The average molecular weight is 243 g/mol. The first kappa shape index (κ1) is 13.3. The summed E-state index contributed by atoms with van der Waals surface area (Å²) in [5.74, 6) is 3.72. The van der Waals surface area contributed by atoms with Crippen molar-refractivity contribution in [2.75, 3.05) is 37.5 Å². The molecule has 1 aliphatic rings. The first-order chi connectivity index (χ1) is 7.76. The lowest BCUT2D eigenvalue weighted by Crippen LogP contribution is -2.23. The van der Waals surface area contributed by atoms with Gasteiger partial charge in [0.05, 0.1) is 0 Å². The van der Waals surface area contributed by atoms with Crippen LogP contribution in [0.3, 0.4) is 0 Å². The van der Waals surface area contributed by atoms with E-state index in [2.05, 4.69) is 11.4 Å².